The second-order valence-electron chi connectivity index (χ2n) is 5.42. The standard InChI is InChI=1S/C16H20N4O3S/c1-20(2)13(10-4-6-11(23-3)7-5-10)9-17-8-12-14(21)18-16(24)19-15(12)22/h4-8,13H,9H2,1-3H3,(H3,18,19,21,22,24)/t13-/m1/s1. The zero-order chi connectivity index (χ0) is 17.7. The fraction of sp³-hybridized carbons (Fsp3) is 0.312. The Morgan fingerprint density at radius 3 is 2.54 bits per heavy atom. The molecule has 1 aromatic heterocycles. The Hall–Kier alpha value is -2.45. The van der Waals surface area contributed by atoms with E-state index >= 15 is 0 Å². The molecule has 1 aromatic carbocycles. The molecule has 3 N–H and O–H groups in total. The maximum atomic E-state index is 11.8. The summed E-state index contributed by atoms with van der Waals surface area (Å²) in [6.07, 6.45) is 1.35. The Morgan fingerprint density at radius 1 is 1.33 bits per heavy atom. The Balaban J connectivity index is 2.20. The fourth-order valence-corrected chi connectivity index (χ4v) is 2.43. The zero-order valence-electron chi connectivity index (χ0n) is 13.7. The van der Waals surface area contributed by atoms with E-state index in [-0.39, 0.29) is 22.3 Å². The molecule has 24 heavy (non-hydrogen) atoms. The molecule has 0 radical (unpaired) electrons. The Kier molecular flexibility index (Phi) is 5.88. The van der Waals surface area contributed by atoms with Gasteiger partial charge in [-0.15, -0.1) is 0 Å². The third kappa shape index (κ3) is 4.30. The van der Waals surface area contributed by atoms with Crippen LogP contribution in [-0.2, 0) is 0 Å². The van der Waals surface area contributed by atoms with Gasteiger partial charge >= 0.3 is 0 Å². The van der Waals surface area contributed by atoms with Crippen molar-refractivity contribution in [3.8, 4) is 11.6 Å². The van der Waals surface area contributed by atoms with Crippen molar-refractivity contribution in [2.75, 3.05) is 27.7 Å². The smallest absolute Gasteiger partial charge is 0.264 e. The molecule has 0 saturated carbocycles. The molecule has 8 heteroatoms. The Labute approximate surface area is 144 Å². The number of nitrogens with one attached hydrogen (secondary N) is 2. The first-order valence-electron chi connectivity index (χ1n) is 7.28. The van der Waals surface area contributed by atoms with Crippen LogP contribution in [0.25, 0.3) is 0 Å². The highest BCUT2D eigenvalue weighted by Gasteiger charge is 2.13. The van der Waals surface area contributed by atoms with E-state index in [1.54, 1.807) is 7.11 Å². The lowest BCUT2D eigenvalue weighted by atomic mass is 10.1. The number of rotatable bonds is 6. The van der Waals surface area contributed by atoms with E-state index in [4.69, 9.17) is 17.0 Å². The lowest BCUT2D eigenvalue weighted by molar-refractivity contribution is 0.306. The average Bonchev–Trinajstić information content (AvgIpc) is 2.53. The number of ether oxygens (including phenoxy) is 1. The molecular formula is C16H20N4O3S. The van der Waals surface area contributed by atoms with Crippen LogP contribution in [0.15, 0.2) is 34.1 Å². The molecule has 0 bridgehead atoms. The molecule has 7 nitrogen and oxygen atoms in total. The van der Waals surface area contributed by atoms with Gasteiger partial charge < -0.3 is 19.7 Å². The number of H-pyrrole nitrogens is 2. The molecule has 0 saturated heterocycles. The van der Waals surface area contributed by atoms with Gasteiger partial charge in [-0.2, -0.15) is 0 Å². The van der Waals surface area contributed by atoms with Crippen LogP contribution in [0.3, 0.4) is 0 Å². The second-order valence-corrected chi connectivity index (χ2v) is 5.83. The quantitative estimate of drug-likeness (QED) is 0.547. The zero-order valence-corrected chi connectivity index (χ0v) is 14.6. The van der Waals surface area contributed by atoms with E-state index in [0.29, 0.717) is 6.54 Å². The van der Waals surface area contributed by atoms with Crippen molar-refractivity contribution < 1.29 is 9.84 Å². The normalized spacial score (nSPS) is 12.7. The first-order valence-corrected chi connectivity index (χ1v) is 7.69. The molecule has 1 atom stereocenters. The van der Waals surface area contributed by atoms with Gasteiger partial charge in [0, 0.05) is 6.21 Å². The lowest BCUT2D eigenvalue weighted by Gasteiger charge is -2.23. The van der Waals surface area contributed by atoms with Crippen LogP contribution in [0.5, 0.6) is 11.6 Å². The number of methoxy groups -OCH3 is 1. The highest BCUT2D eigenvalue weighted by Crippen LogP contribution is 2.21. The summed E-state index contributed by atoms with van der Waals surface area (Å²) in [5, 5.41) is 9.76. The summed E-state index contributed by atoms with van der Waals surface area (Å²) >= 11 is 4.79. The van der Waals surface area contributed by atoms with Gasteiger partial charge in [-0.1, -0.05) is 12.1 Å². The Bertz CT molecular complexity index is 824. The maximum Gasteiger partial charge on any atom is 0.264 e. The van der Waals surface area contributed by atoms with Crippen molar-refractivity contribution in [1.29, 1.82) is 0 Å². The summed E-state index contributed by atoms with van der Waals surface area (Å²) in [6.45, 7) is 0.424. The van der Waals surface area contributed by atoms with Crippen LogP contribution in [0.2, 0.25) is 0 Å². The number of likely N-dealkylation sites (N-methyl/N-ethyl adjacent to an activating group) is 1. The summed E-state index contributed by atoms with van der Waals surface area (Å²) in [6, 6.07) is 7.76. The molecule has 0 aliphatic rings. The number of aliphatic imine (C=N–C) groups is 1. The molecule has 0 unspecified atom stereocenters. The molecule has 1 heterocycles. The lowest BCUT2D eigenvalue weighted by Crippen LogP contribution is -2.23. The fourth-order valence-electron chi connectivity index (χ4n) is 2.24. The highest BCUT2D eigenvalue weighted by atomic mass is 32.1. The number of aromatic amines is 2. The Morgan fingerprint density at radius 2 is 2.00 bits per heavy atom. The minimum Gasteiger partial charge on any atom is -0.497 e. The van der Waals surface area contributed by atoms with Gasteiger partial charge in [0.05, 0.1) is 19.7 Å². The van der Waals surface area contributed by atoms with E-state index in [9.17, 15) is 9.90 Å². The molecule has 0 fully saturated rings. The van der Waals surface area contributed by atoms with Gasteiger partial charge in [-0.25, -0.2) is 0 Å². The summed E-state index contributed by atoms with van der Waals surface area (Å²) in [4.78, 5) is 23.0. The summed E-state index contributed by atoms with van der Waals surface area (Å²) in [5.74, 6) is 0.495. The highest BCUT2D eigenvalue weighted by molar-refractivity contribution is 7.71. The SMILES string of the molecule is COc1ccc([C@@H](CN=Cc2c(O)[nH]c(=S)[nH]c2=O)N(C)C)cc1. The number of benzene rings is 1. The van der Waals surface area contributed by atoms with Gasteiger partial charge in [0.2, 0.25) is 5.88 Å². The minimum absolute atomic E-state index is 0.0237. The third-order valence-electron chi connectivity index (χ3n) is 3.58. The molecule has 0 aliphatic carbocycles. The monoisotopic (exact) mass is 348 g/mol. The van der Waals surface area contributed by atoms with Gasteiger partial charge in [0.25, 0.3) is 5.56 Å². The van der Waals surface area contributed by atoms with Gasteiger partial charge in [0.15, 0.2) is 4.77 Å². The summed E-state index contributed by atoms with van der Waals surface area (Å²) < 4.78 is 5.23. The molecule has 128 valence electrons. The first-order chi connectivity index (χ1) is 11.4. The van der Waals surface area contributed by atoms with E-state index in [1.165, 1.54) is 6.21 Å². The van der Waals surface area contributed by atoms with Crippen LogP contribution in [0, 0.1) is 4.77 Å². The number of hydrogen-bond acceptors (Lipinski definition) is 6. The largest absolute Gasteiger partial charge is 0.497 e. The first kappa shape index (κ1) is 17.9. The van der Waals surface area contributed by atoms with E-state index in [1.807, 2.05) is 43.3 Å². The minimum atomic E-state index is -0.481. The molecule has 2 rings (SSSR count). The van der Waals surface area contributed by atoms with Crippen molar-refractivity contribution >= 4 is 18.4 Å². The van der Waals surface area contributed by atoms with Crippen LogP contribution >= 0.6 is 12.2 Å². The predicted octanol–water partition coefficient (Wildman–Crippen LogP) is 1.87. The third-order valence-corrected chi connectivity index (χ3v) is 3.79. The van der Waals surface area contributed by atoms with Crippen LogP contribution < -0.4 is 10.3 Å². The number of nitrogens with zero attached hydrogens (tertiary/aromatic N) is 2. The molecule has 0 amide bonds. The van der Waals surface area contributed by atoms with Crippen molar-refractivity contribution in [3.05, 3.63) is 50.5 Å². The van der Waals surface area contributed by atoms with E-state index in [2.05, 4.69) is 15.0 Å². The predicted molar refractivity (Wildman–Crippen MR) is 95.8 cm³/mol. The van der Waals surface area contributed by atoms with Gasteiger partial charge in [-0.3, -0.25) is 14.8 Å². The second kappa shape index (κ2) is 7.89. The molecule has 2 aromatic rings. The van der Waals surface area contributed by atoms with Crippen LogP contribution in [-0.4, -0.2) is 53.9 Å². The van der Waals surface area contributed by atoms with Gasteiger partial charge in [-0.05, 0) is 44.0 Å². The maximum absolute atomic E-state index is 11.8. The van der Waals surface area contributed by atoms with E-state index < -0.39 is 5.56 Å². The molecule has 0 spiro atoms. The average molecular weight is 348 g/mol. The number of hydrogen-bond donors (Lipinski definition) is 3. The van der Waals surface area contributed by atoms with E-state index in [0.717, 1.165) is 11.3 Å². The van der Waals surface area contributed by atoms with Gasteiger partial charge in [0.1, 0.15) is 11.3 Å². The van der Waals surface area contributed by atoms with Crippen molar-refractivity contribution in [3.63, 3.8) is 0 Å². The van der Waals surface area contributed by atoms with Crippen LogP contribution in [0.4, 0.5) is 0 Å². The molecular weight excluding hydrogens is 328 g/mol. The van der Waals surface area contributed by atoms with Crippen molar-refractivity contribution in [2.45, 2.75) is 6.04 Å². The topological polar surface area (TPSA) is 93.7 Å². The van der Waals surface area contributed by atoms with Crippen molar-refractivity contribution in [2.24, 2.45) is 4.99 Å². The van der Waals surface area contributed by atoms with Crippen LogP contribution in [0.1, 0.15) is 17.2 Å². The summed E-state index contributed by atoms with van der Waals surface area (Å²) in [7, 11) is 5.53. The number of aromatic hydroxyl groups is 1. The van der Waals surface area contributed by atoms with Crippen molar-refractivity contribution in [1.82, 2.24) is 14.9 Å². The molecule has 0 aliphatic heterocycles. The number of aromatic nitrogens is 2. The summed E-state index contributed by atoms with van der Waals surface area (Å²) in [5.41, 5.74) is 0.644.